The Labute approximate surface area is 123 Å². The fourth-order valence-corrected chi connectivity index (χ4v) is 3.22. The third-order valence-electron chi connectivity index (χ3n) is 4.40. The van der Waals surface area contributed by atoms with Gasteiger partial charge in [0.2, 0.25) is 0 Å². The van der Waals surface area contributed by atoms with Gasteiger partial charge >= 0.3 is 0 Å². The van der Waals surface area contributed by atoms with E-state index in [-0.39, 0.29) is 11.5 Å². The second kappa shape index (κ2) is 5.61. The van der Waals surface area contributed by atoms with Gasteiger partial charge in [-0.1, -0.05) is 0 Å². The van der Waals surface area contributed by atoms with Crippen molar-refractivity contribution in [2.45, 2.75) is 37.9 Å². The zero-order valence-corrected chi connectivity index (χ0v) is 12.0. The molecule has 0 unspecified atom stereocenters. The normalized spacial score (nSPS) is 21.7. The second-order valence-electron chi connectivity index (χ2n) is 5.86. The van der Waals surface area contributed by atoms with Crippen molar-refractivity contribution in [1.82, 2.24) is 4.98 Å². The van der Waals surface area contributed by atoms with Gasteiger partial charge in [-0.05, 0) is 37.3 Å². The average Bonchev–Trinajstić information content (AvgIpc) is 2.92. The van der Waals surface area contributed by atoms with Crippen LogP contribution in [0.3, 0.4) is 0 Å². The van der Waals surface area contributed by atoms with E-state index in [4.69, 9.17) is 20.9 Å². The number of ether oxygens (including phenoxy) is 2. The number of nitrogen functional groups attached to an aromatic ring is 1. The van der Waals surface area contributed by atoms with E-state index in [1.165, 1.54) is 0 Å². The van der Waals surface area contributed by atoms with Crippen LogP contribution in [0.2, 0.25) is 0 Å². The van der Waals surface area contributed by atoms with Gasteiger partial charge < -0.3 is 20.9 Å². The first kappa shape index (κ1) is 14.3. The number of carbonyl (C=O) groups is 1. The fourth-order valence-electron chi connectivity index (χ4n) is 3.22. The number of nitrogens with two attached hydrogens (primary N) is 2. The second-order valence-corrected chi connectivity index (χ2v) is 5.86. The molecule has 4 N–H and O–H groups in total. The largest absolute Gasteiger partial charge is 0.397 e. The molecule has 6 nitrogen and oxygen atoms in total. The fraction of sp³-hybridized carbons (Fsp3) is 0.600. The number of carbonyl (C=O) groups excluding carboxylic acids is 1. The maximum atomic E-state index is 11.3. The van der Waals surface area contributed by atoms with Gasteiger partial charge in [-0.15, -0.1) is 0 Å². The smallest absolute Gasteiger partial charge is 0.269 e. The third kappa shape index (κ3) is 3.01. The first-order chi connectivity index (χ1) is 10.1. The Morgan fingerprint density at radius 3 is 2.57 bits per heavy atom. The Hall–Kier alpha value is -1.66. The maximum Gasteiger partial charge on any atom is 0.269 e. The van der Waals surface area contributed by atoms with Crippen LogP contribution in [0.15, 0.2) is 12.1 Å². The summed E-state index contributed by atoms with van der Waals surface area (Å²) in [6, 6.07) is 3.57. The molecule has 0 atom stereocenters. The number of primary amides is 1. The lowest BCUT2D eigenvalue weighted by Crippen LogP contribution is -2.35. The van der Waals surface area contributed by atoms with E-state index in [1.807, 2.05) is 6.07 Å². The number of pyridine rings is 1. The minimum Gasteiger partial charge on any atom is -0.397 e. The zero-order chi connectivity index (χ0) is 14.9. The summed E-state index contributed by atoms with van der Waals surface area (Å²) in [5.41, 5.74) is 12.4. The highest BCUT2D eigenvalue weighted by atomic mass is 16.7. The molecule has 1 amide bonds. The summed E-state index contributed by atoms with van der Waals surface area (Å²) in [6.07, 6.45) is 4.76. The minimum absolute atomic E-state index is 0.169. The molecule has 21 heavy (non-hydrogen) atoms. The van der Waals surface area contributed by atoms with Crippen molar-refractivity contribution in [2.75, 3.05) is 18.9 Å². The topological polar surface area (TPSA) is 100 Å². The highest BCUT2D eigenvalue weighted by molar-refractivity contribution is 5.95. The van der Waals surface area contributed by atoms with E-state index < -0.39 is 5.91 Å². The molecule has 114 valence electrons. The summed E-state index contributed by atoms with van der Waals surface area (Å²) in [5, 5.41) is 0. The Morgan fingerprint density at radius 2 is 1.95 bits per heavy atom. The van der Waals surface area contributed by atoms with Crippen LogP contribution < -0.4 is 11.5 Å². The van der Waals surface area contributed by atoms with Crippen molar-refractivity contribution in [3.05, 3.63) is 23.5 Å². The summed E-state index contributed by atoms with van der Waals surface area (Å²) in [5.74, 6) is -0.381. The molecule has 2 aliphatic rings. The van der Waals surface area contributed by atoms with Gasteiger partial charge in [0, 0.05) is 18.5 Å². The molecule has 2 fully saturated rings. The molecule has 3 rings (SSSR count). The van der Waals surface area contributed by atoms with E-state index in [9.17, 15) is 4.79 Å². The van der Waals surface area contributed by atoms with Crippen LogP contribution in [0.25, 0.3) is 0 Å². The molecular formula is C15H21N3O3. The molecule has 1 aromatic heterocycles. The van der Waals surface area contributed by atoms with Crippen molar-refractivity contribution in [1.29, 1.82) is 0 Å². The average molecular weight is 291 g/mol. The summed E-state index contributed by atoms with van der Waals surface area (Å²) < 4.78 is 11.5. The molecule has 1 aromatic rings. The highest BCUT2D eigenvalue weighted by Gasteiger charge is 2.40. The molecule has 1 spiro atoms. The third-order valence-corrected chi connectivity index (χ3v) is 4.40. The van der Waals surface area contributed by atoms with E-state index in [0.29, 0.717) is 24.8 Å². The van der Waals surface area contributed by atoms with E-state index in [0.717, 1.165) is 37.8 Å². The molecule has 0 bridgehead atoms. The summed E-state index contributed by atoms with van der Waals surface area (Å²) in [6.45, 7) is 1.40. The standard InChI is InChI=1S/C15H21N3O3/c16-12-2-1-11(18-13(12)14(17)19)9-10-3-5-15(6-4-10)20-7-8-21-15/h1-2,10H,3-9,16H2,(H2,17,19). The number of rotatable bonds is 3. The summed E-state index contributed by atoms with van der Waals surface area (Å²) in [4.78, 5) is 15.6. The monoisotopic (exact) mass is 291 g/mol. The first-order valence-corrected chi connectivity index (χ1v) is 7.41. The van der Waals surface area contributed by atoms with Crippen LogP contribution in [-0.4, -0.2) is 29.9 Å². The molecule has 1 saturated carbocycles. The van der Waals surface area contributed by atoms with Gasteiger partial charge in [0.15, 0.2) is 11.5 Å². The van der Waals surface area contributed by atoms with E-state index in [1.54, 1.807) is 6.07 Å². The molecular weight excluding hydrogens is 270 g/mol. The lowest BCUT2D eigenvalue weighted by molar-refractivity contribution is -0.182. The van der Waals surface area contributed by atoms with Crippen molar-refractivity contribution < 1.29 is 14.3 Å². The predicted octanol–water partition coefficient (Wildman–Crippen LogP) is 1.24. The molecule has 0 radical (unpaired) electrons. The van der Waals surface area contributed by atoms with Gasteiger partial charge in [0.1, 0.15) is 0 Å². The number of anilines is 1. The summed E-state index contributed by atoms with van der Waals surface area (Å²) >= 11 is 0. The number of nitrogens with zero attached hydrogens (tertiary/aromatic N) is 1. The number of amides is 1. The lowest BCUT2D eigenvalue weighted by Gasteiger charge is -2.35. The Kier molecular flexibility index (Phi) is 3.82. The van der Waals surface area contributed by atoms with Gasteiger partial charge in [0.25, 0.3) is 5.91 Å². The number of hydrogen-bond donors (Lipinski definition) is 2. The van der Waals surface area contributed by atoms with Crippen molar-refractivity contribution in [3.8, 4) is 0 Å². The van der Waals surface area contributed by atoms with Gasteiger partial charge in [-0.25, -0.2) is 4.98 Å². The lowest BCUT2D eigenvalue weighted by atomic mass is 9.82. The highest BCUT2D eigenvalue weighted by Crippen LogP contribution is 2.39. The first-order valence-electron chi connectivity index (χ1n) is 7.41. The number of hydrogen-bond acceptors (Lipinski definition) is 5. The van der Waals surface area contributed by atoms with E-state index in [2.05, 4.69) is 4.98 Å². The van der Waals surface area contributed by atoms with Gasteiger partial charge in [0.05, 0.1) is 18.9 Å². The van der Waals surface area contributed by atoms with Gasteiger partial charge in [-0.3, -0.25) is 4.79 Å². The quantitative estimate of drug-likeness (QED) is 0.872. The molecule has 1 aliphatic heterocycles. The van der Waals surface area contributed by atoms with Crippen LogP contribution in [0, 0.1) is 5.92 Å². The van der Waals surface area contributed by atoms with Crippen LogP contribution in [-0.2, 0) is 15.9 Å². The van der Waals surface area contributed by atoms with Crippen molar-refractivity contribution in [3.63, 3.8) is 0 Å². The Morgan fingerprint density at radius 1 is 1.29 bits per heavy atom. The predicted molar refractivity (Wildman–Crippen MR) is 77.5 cm³/mol. The number of aromatic nitrogens is 1. The van der Waals surface area contributed by atoms with Crippen molar-refractivity contribution in [2.24, 2.45) is 11.7 Å². The van der Waals surface area contributed by atoms with Gasteiger partial charge in [-0.2, -0.15) is 0 Å². The van der Waals surface area contributed by atoms with Crippen molar-refractivity contribution >= 4 is 11.6 Å². The molecule has 1 aliphatic carbocycles. The van der Waals surface area contributed by atoms with Crippen LogP contribution in [0.5, 0.6) is 0 Å². The van der Waals surface area contributed by atoms with Crippen LogP contribution in [0.1, 0.15) is 41.9 Å². The molecule has 1 saturated heterocycles. The minimum atomic E-state index is -0.579. The van der Waals surface area contributed by atoms with E-state index >= 15 is 0 Å². The SMILES string of the molecule is NC(=O)c1nc(CC2CCC3(CC2)OCCO3)ccc1N. The zero-order valence-electron chi connectivity index (χ0n) is 12.0. The summed E-state index contributed by atoms with van der Waals surface area (Å²) in [7, 11) is 0. The molecule has 0 aromatic carbocycles. The van der Waals surface area contributed by atoms with Crippen LogP contribution >= 0.6 is 0 Å². The Bertz CT molecular complexity index is 531. The maximum absolute atomic E-state index is 11.3. The molecule has 2 heterocycles. The Balaban J connectivity index is 1.63. The van der Waals surface area contributed by atoms with Crippen LogP contribution in [0.4, 0.5) is 5.69 Å². The molecule has 6 heteroatoms.